The molecule has 2 aromatic heterocycles. The normalized spacial score (nSPS) is 13.6. The maximum atomic E-state index is 13.3. The highest BCUT2D eigenvalue weighted by atomic mass is 35.5. The van der Waals surface area contributed by atoms with E-state index in [1.165, 1.54) is 48.0 Å². The van der Waals surface area contributed by atoms with Gasteiger partial charge in [0.2, 0.25) is 0 Å². The van der Waals surface area contributed by atoms with Crippen LogP contribution in [0.3, 0.4) is 0 Å². The Morgan fingerprint density at radius 1 is 0.974 bits per heavy atom. The topological polar surface area (TPSA) is 98.1 Å². The Morgan fingerprint density at radius 3 is 2.21 bits per heavy atom. The van der Waals surface area contributed by atoms with Gasteiger partial charge in [-0.3, -0.25) is 9.13 Å². The number of aromatic nitrogens is 5. The molecule has 0 aliphatic heterocycles. The number of halogens is 7. The molecule has 202 valence electrons. The van der Waals surface area contributed by atoms with Crippen LogP contribution in [0.15, 0.2) is 47.3 Å². The minimum Gasteiger partial charge on any atom is -0.385 e. The Labute approximate surface area is 233 Å². The van der Waals surface area contributed by atoms with Gasteiger partial charge in [0.1, 0.15) is 11.3 Å². The Bertz CT molecular complexity index is 1530. The van der Waals surface area contributed by atoms with Crippen LogP contribution in [0.2, 0.25) is 20.2 Å². The smallest absolute Gasteiger partial charge is 0.385 e. The lowest BCUT2D eigenvalue weighted by atomic mass is 10.1. The van der Waals surface area contributed by atoms with E-state index >= 15 is 0 Å². The highest BCUT2D eigenvalue weighted by Gasteiger charge is 2.39. The highest BCUT2D eigenvalue weighted by Crippen LogP contribution is 2.31. The summed E-state index contributed by atoms with van der Waals surface area (Å²) in [5, 5.41) is 25.0. The molecule has 1 unspecified atom stereocenters. The van der Waals surface area contributed by atoms with E-state index in [2.05, 4.69) is 10.1 Å². The van der Waals surface area contributed by atoms with Crippen molar-refractivity contribution in [3.63, 3.8) is 0 Å². The van der Waals surface area contributed by atoms with Crippen molar-refractivity contribution in [2.24, 2.45) is 0 Å². The van der Waals surface area contributed by atoms with Gasteiger partial charge in [-0.05, 0) is 37.3 Å². The largest absolute Gasteiger partial charge is 0.416 e. The van der Waals surface area contributed by atoms with Crippen LogP contribution in [0.1, 0.15) is 24.7 Å². The third-order valence-electron chi connectivity index (χ3n) is 5.51. The van der Waals surface area contributed by atoms with Gasteiger partial charge in [0.25, 0.3) is 0 Å². The SMILES string of the molecule is C[C@H](O)c1nc(Cn2c(Cl)c(-c3ccc(Cl)cc3)n(CC(O)C(F)(F)F)c2=O)nn1-c1ccc(Cl)c(Cl)c1. The molecule has 38 heavy (non-hydrogen) atoms. The summed E-state index contributed by atoms with van der Waals surface area (Å²) in [6.45, 7) is -0.00685. The Hall–Kier alpha value is -2.54. The summed E-state index contributed by atoms with van der Waals surface area (Å²) < 4.78 is 42.5. The van der Waals surface area contributed by atoms with E-state index in [0.717, 1.165) is 9.13 Å². The molecule has 4 rings (SSSR count). The first kappa shape index (κ1) is 28.5. The summed E-state index contributed by atoms with van der Waals surface area (Å²) in [4.78, 5) is 17.6. The summed E-state index contributed by atoms with van der Waals surface area (Å²) >= 11 is 24.5. The Kier molecular flexibility index (Phi) is 8.17. The molecular weight excluding hydrogens is 593 g/mol. The zero-order valence-electron chi connectivity index (χ0n) is 19.3. The van der Waals surface area contributed by atoms with E-state index in [-0.39, 0.29) is 34.1 Å². The van der Waals surface area contributed by atoms with Crippen LogP contribution in [0, 0.1) is 0 Å². The second-order valence-electron chi connectivity index (χ2n) is 8.26. The maximum absolute atomic E-state index is 13.3. The number of alkyl halides is 3. The molecule has 0 spiro atoms. The van der Waals surface area contributed by atoms with Gasteiger partial charge in [-0.15, -0.1) is 5.10 Å². The number of rotatable bonds is 7. The molecule has 0 bridgehead atoms. The first-order chi connectivity index (χ1) is 17.8. The zero-order valence-corrected chi connectivity index (χ0v) is 22.3. The van der Waals surface area contributed by atoms with E-state index in [4.69, 9.17) is 46.4 Å². The molecule has 0 aliphatic rings. The lowest BCUT2D eigenvalue weighted by Gasteiger charge is -2.16. The van der Waals surface area contributed by atoms with E-state index in [1.807, 2.05) is 0 Å². The predicted octanol–water partition coefficient (Wildman–Crippen LogP) is 5.54. The van der Waals surface area contributed by atoms with Crippen molar-refractivity contribution in [3.05, 3.63) is 84.8 Å². The number of nitrogens with zero attached hydrogens (tertiary/aromatic N) is 5. The summed E-state index contributed by atoms with van der Waals surface area (Å²) in [5.74, 6) is 0.125. The summed E-state index contributed by atoms with van der Waals surface area (Å²) in [6.07, 6.45) is -8.89. The number of hydrogen-bond donors (Lipinski definition) is 2. The van der Waals surface area contributed by atoms with Gasteiger partial charge in [-0.25, -0.2) is 14.5 Å². The average molecular weight is 611 g/mol. The zero-order chi connectivity index (χ0) is 27.9. The van der Waals surface area contributed by atoms with Crippen LogP contribution in [0.5, 0.6) is 0 Å². The lowest BCUT2D eigenvalue weighted by molar-refractivity contribution is -0.207. The molecule has 0 saturated carbocycles. The van der Waals surface area contributed by atoms with Crippen molar-refractivity contribution in [1.82, 2.24) is 23.9 Å². The Morgan fingerprint density at radius 2 is 1.63 bits per heavy atom. The highest BCUT2D eigenvalue weighted by molar-refractivity contribution is 6.42. The monoisotopic (exact) mass is 609 g/mol. The Balaban J connectivity index is 1.82. The van der Waals surface area contributed by atoms with Crippen molar-refractivity contribution in [1.29, 1.82) is 0 Å². The molecule has 0 fully saturated rings. The molecule has 0 aliphatic carbocycles. The summed E-state index contributed by atoms with van der Waals surface area (Å²) in [5.41, 5.74) is -0.284. The van der Waals surface area contributed by atoms with E-state index < -0.39 is 30.6 Å². The first-order valence-corrected chi connectivity index (χ1v) is 12.4. The van der Waals surface area contributed by atoms with Crippen LogP contribution in [0.25, 0.3) is 16.9 Å². The van der Waals surface area contributed by atoms with Gasteiger partial charge >= 0.3 is 11.9 Å². The molecule has 4 aromatic rings. The fraction of sp³-hybridized carbons (Fsp3) is 0.261. The number of aliphatic hydroxyl groups excluding tert-OH is 2. The van der Waals surface area contributed by atoms with Gasteiger partial charge in [-0.1, -0.05) is 58.5 Å². The molecule has 2 aromatic carbocycles. The maximum Gasteiger partial charge on any atom is 0.416 e. The second kappa shape index (κ2) is 10.9. The number of aliphatic hydroxyl groups is 2. The van der Waals surface area contributed by atoms with Crippen LogP contribution in [-0.2, 0) is 13.1 Å². The van der Waals surface area contributed by atoms with Crippen LogP contribution in [0.4, 0.5) is 13.2 Å². The average Bonchev–Trinajstić information content (AvgIpc) is 3.36. The van der Waals surface area contributed by atoms with Crippen molar-refractivity contribution in [2.75, 3.05) is 0 Å². The molecule has 2 atom stereocenters. The standard InChI is InChI=1S/C23H18Cl4F3N5O3/c1-11(36)21-31-18(32-35(21)14-6-7-15(25)16(26)8-14)10-34-20(27)19(12-2-4-13(24)5-3-12)33(22(34)38)9-17(37)23(28,29)30/h2-8,11,17,36-37H,9-10H2,1H3/t11-,17?/m0/s1. The minimum absolute atomic E-state index is 0.0205. The van der Waals surface area contributed by atoms with E-state index in [0.29, 0.717) is 21.3 Å². The predicted molar refractivity (Wildman–Crippen MR) is 137 cm³/mol. The molecule has 2 heterocycles. The fourth-order valence-electron chi connectivity index (χ4n) is 3.68. The third-order valence-corrected chi connectivity index (χ3v) is 6.89. The molecule has 0 radical (unpaired) electrons. The van der Waals surface area contributed by atoms with Crippen molar-refractivity contribution >= 4 is 46.4 Å². The van der Waals surface area contributed by atoms with Gasteiger partial charge in [0.05, 0.1) is 34.5 Å². The third kappa shape index (κ3) is 5.73. The number of hydrogen-bond acceptors (Lipinski definition) is 5. The van der Waals surface area contributed by atoms with Crippen molar-refractivity contribution in [2.45, 2.75) is 38.4 Å². The molecular formula is C23H18Cl4F3N5O3. The lowest BCUT2D eigenvalue weighted by Crippen LogP contribution is -2.37. The minimum atomic E-state index is -4.97. The summed E-state index contributed by atoms with van der Waals surface area (Å²) in [7, 11) is 0. The summed E-state index contributed by atoms with van der Waals surface area (Å²) in [6, 6.07) is 10.5. The fourth-order valence-corrected chi connectivity index (χ4v) is 4.45. The van der Waals surface area contributed by atoms with Gasteiger partial charge < -0.3 is 10.2 Å². The van der Waals surface area contributed by atoms with Crippen LogP contribution >= 0.6 is 46.4 Å². The first-order valence-electron chi connectivity index (χ1n) is 10.9. The van der Waals surface area contributed by atoms with Crippen molar-refractivity contribution in [3.8, 4) is 16.9 Å². The molecule has 0 saturated heterocycles. The van der Waals surface area contributed by atoms with Gasteiger partial charge in [-0.2, -0.15) is 13.2 Å². The molecule has 0 amide bonds. The second-order valence-corrected chi connectivity index (χ2v) is 9.86. The van der Waals surface area contributed by atoms with Crippen molar-refractivity contribution < 1.29 is 23.4 Å². The van der Waals surface area contributed by atoms with Crippen LogP contribution in [-0.4, -0.2) is 46.4 Å². The number of imidazole rings is 1. The molecule has 15 heteroatoms. The molecule has 2 N–H and O–H groups in total. The quantitative estimate of drug-likeness (QED) is 0.286. The number of benzene rings is 2. The molecule has 8 nitrogen and oxygen atoms in total. The van der Waals surface area contributed by atoms with Gasteiger partial charge in [0, 0.05) is 10.6 Å². The van der Waals surface area contributed by atoms with E-state index in [9.17, 15) is 28.2 Å². The van der Waals surface area contributed by atoms with E-state index in [1.54, 1.807) is 6.07 Å². The van der Waals surface area contributed by atoms with Crippen LogP contribution < -0.4 is 5.69 Å². The van der Waals surface area contributed by atoms with Gasteiger partial charge in [0.15, 0.2) is 17.8 Å².